The normalized spacial score (nSPS) is 19.5. The van der Waals surface area contributed by atoms with E-state index in [-0.39, 0.29) is 5.91 Å². The van der Waals surface area contributed by atoms with Crippen LogP contribution in [0.1, 0.15) is 41.6 Å². The summed E-state index contributed by atoms with van der Waals surface area (Å²) in [5.41, 5.74) is 8.48. The largest absolute Gasteiger partial charge is 0.368 e. The van der Waals surface area contributed by atoms with E-state index in [1.165, 1.54) is 31.2 Å². The number of hydrogen-bond acceptors (Lipinski definition) is 3. The first-order valence-electron chi connectivity index (χ1n) is 8.03. The zero-order chi connectivity index (χ0) is 14.8. The van der Waals surface area contributed by atoms with E-state index in [2.05, 4.69) is 23.2 Å². The van der Waals surface area contributed by atoms with E-state index in [0.29, 0.717) is 17.5 Å². The lowest BCUT2D eigenvalue weighted by Crippen LogP contribution is -2.38. The van der Waals surface area contributed by atoms with Crippen molar-refractivity contribution in [2.75, 3.05) is 24.5 Å². The summed E-state index contributed by atoms with van der Waals surface area (Å²) < 4.78 is 0. The van der Waals surface area contributed by atoms with Gasteiger partial charge in [0.25, 0.3) is 5.91 Å². The Labute approximate surface area is 126 Å². The quantitative estimate of drug-likeness (QED) is 0.871. The maximum atomic E-state index is 11.8. The third kappa shape index (κ3) is 3.38. The average molecular weight is 287 g/mol. The summed E-state index contributed by atoms with van der Waals surface area (Å²) >= 11 is 0. The summed E-state index contributed by atoms with van der Waals surface area (Å²) in [6, 6.07) is 6.57. The number of nitrogens with one attached hydrogen (secondary N) is 1. The standard InChI is InChI=1S/C17H25N3O/c1-12-2-5-15(17(18)21)16(10-12)20(14-3-4-14)11-13-6-8-19-9-7-13/h2,5,10,13-14,19H,3-4,6-9,11H2,1H3,(H2,18,21). The number of piperidine rings is 1. The van der Waals surface area contributed by atoms with E-state index >= 15 is 0 Å². The molecule has 0 radical (unpaired) electrons. The van der Waals surface area contributed by atoms with Crippen molar-refractivity contribution >= 4 is 11.6 Å². The second kappa shape index (κ2) is 6.06. The highest BCUT2D eigenvalue weighted by Gasteiger charge is 2.33. The second-order valence-electron chi connectivity index (χ2n) is 6.46. The van der Waals surface area contributed by atoms with Crippen LogP contribution in [-0.4, -0.2) is 31.6 Å². The lowest BCUT2D eigenvalue weighted by Gasteiger charge is -2.33. The maximum absolute atomic E-state index is 11.8. The van der Waals surface area contributed by atoms with E-state index < -0.39 is 0 Å². The summed E-state index contributed by atoms with van der Waals surface area (Å²) in [5.74, 6) is 0.397. The topological polar surface area (TPSA) is 58.4 Å². The predicted octanol–water partition coefficient (Wildman–Crippen LogP) is 2.06. The Morgan fingerprint density at radius 1 is 1.29 bits per heavy atom. The fourth-order valence-corrected chi connectivity index (χ4v) is 3.26. The van der Waals surface area contributed by atoms with Crippen molar-refractivity contribution in [2.45, 2.75) is 38.6 Å². The Morgan fingerprint density at radius 2 is 2.00 bits per heavy atom. The van der Waals surface area contributed by atoms with Crippen molar-refractivity contribution in [3.8, 4) is 0 Å². The van der Waals surface area contributed by atoms with Crippen LogP contribution >= 0.6 is 0 Å². The molecule has 2 aliphatic rings. The molecule has 4 heteroatoms. The number of carbonyl (C=O) groups excluding carboxylic acids is 1. The Kier molecular flexibility index (Phi) is 4.15. The maximum Gasteiger partial charge on any atom is 0.250 e. The van der Waals surface area contributed by atoms with E-state index in [9.17, 15) is 4.79 Å². The molecule has 1 aromatic rings. The van der Waals surface area contributed by atoms with Gasteiger partial charge in [-0.25, -0.2) is 0 Å². The molecule has 114 valence electrons. The van der Waals surface area contributed by atoms with Crippen molar-refractivity contribution in [2.24, 2.45) is 11.7 Å². The molecular formula is C17H25N3O. The molecule has 21 heavy (non-hydrogen) atoms. The molecule has 1 aromatic carbocycles. The van der Waals surface area contributed by atoms with Gasteiger partial charge in [-0.15, -0.1) is 0 Å². The third-order valence-electron chi connectivity index (χ3n) is 4.63. The molecule has 1 saturated heterocycles. The van der Waals surface area contributed by atoms with Gasteiger partial charge in [-0.3, -0.25) is 4.79 Å². The van der Waals surface area contributed by atoms with Crippen LogP contribution in [0.25, 0.3) is 0 Å². The summed E-state index contributed by atoms with van der Waals surface area (Å²) in [5, 5.41) is 3.42. The molecule has 1 aliphatic heterocycles. The van der Waals surface area contributed by atoms with Gasteiger partial charge in [-0.1, -0.05) is 6.07 Å². The third-order valence-corrected chi connectivity index (χ3v) is 4.63. The highest BCUT2D eigenvalue weighted by molar-refractivity contribution is 5.99. The number of hydrogen-bond donors (Lipinski definition) is 2. The molecule has 1 aliphatic carbocycles. The number of anilines is 1. The molecule has 0 bridgehead atoms. The highest BCUT2D eigenvalue weighted by Crippen LogP contribution is 2.35. The van der Waals surface area contributed by atoms with Crippen LogP contribution in [-0.2, 0) is 0 Å². The van der Waals surface area contributed by atoms with Crippen molar-refractivity contribution in [3.63, 3.8) is 0 Å². The Morgan fingerprint density at radius 3 is 2.62 bits per heavy atom. The SMILES string of the molecule is Cc1ccc(C(N)=O)c(N(CC2CCNCC2)C2CC2)c1. The average Bonchev–Trinajstić information content (AvgIpc) is 3.30. The molecule has 0 spiro atoms. The molecule has 1 amide bonds. The van der Waals surface area contributed by atoms with E-state index in [4.69, 9.17) is 5.73 Å². The summed E-state index contributed by atoms with van der Waals surface area (Å²) in [4.78, 5) is 14.2. The minimum absolute atomic E-state index is 0.319. The molecule has 3 rings (SSSR count). The van der Waals surface area contributed by atoms with Gasteiger partial charge in [0.05, 0.1) is 11.3 Å². The Balaban J connectivity index is 1.86. The van der Waals surface area contributed by atoms with Gasteiger partial charge in [-0.2, -0.15) is 0 Å². The number of nitrogens with two attached hydrogens (primary N) is 1. The van der Waals surface area contributed by atoms with Gasteiger partial charge in [0.1, 0.15) is 0 Å². The molecule has 1 saturated carbocycles. The van der Waals surface area contributed by atoms with Crippen LogP contribution in [0.15, 0.2) is 18.2 Å². The second-order valence-corrected chi connectivity index (χ2v) is 6.46. The number of primary amides is 1. The monoisotopic (exact) mass is 287 g/mol. The number of benzene rings is 1. The molecule has 4 nitrogen and oxygen atoms in total. The molecule has 2 fully saturated rings. The van der Waals surface area contributed by atoms with E-state index in [1.807, 2.05) is 12.1 Å². The van der Waals surface area contributed by atoms with Crippen LogP contribution in [0, 0.1) is 12.8 Å². The number of carbonyl (C=O) groups is 1. The summed E-state index contributed by atoms with van der Waals surface area (Å²) in [6.07, 6.45) is 4.91. The Hall–Kier alpha value is -1.55. The molecule has 1 heterocycles. The molecule has 0 unspecified atom stereocenters. The van der Waals surface area contributed by atoms with Crippen molar-refractivity contribution in [3.05, 3.63) is 29.3 Å². The summed E-state index contributed by atoms with van der Waals surface area (Å²) in [6.45, 7) is 5.35. The van der Waals surface area contributed by atoms with Crippen LogP contribution in [0.2, 0.25) is 0 Å². The summed E-state index contributed by atoms with van der Waals surface area (Å²) in [7, 11) is 0. The lowest BCUT2D eigenvalue weighted by molar-refractivity contribution is 0.100. The van der Waals surface area contributed by atoms with E-state index in [1.54, 1.807) is 0 Å². The van der Waals surface area contributed by atoms with Crippen LogP contribution in [0.5, 0.6) is 0 Å². The number of amides is 1. The minimum Gasteiger partial charge on any atom is -0.368 e. The minimum atomic E-state index is -0.319. The lowest BCUT2D eigenvalue weighted by atomic mass is 9.96. The highest BCUT2D eigenvalue weighted by atomic mass is 16.1. The fraction of sp³-hybridized carbons (Fsp3) is 0.588. The first kappa shape index (κ1) is 14.4. The molecule has 0 atom stereocenters. The first-order chi connectivity index (χ1) is 10.1. The number of nitrogens with zero attached hydrogens (tertiary/aromatic N) is 1. The van der Waals surface area contributed by atoms with Gasteiger partial charge >= 0.3 is 0 Å². The van der Waals surface area contributed by atoms with Crippen molar-refractivity contribution in [1.29, 1.82) is 0 Å². The Bertz CT molecular complexity index is 519. The first-order valence-corrected chi connectivity index (χ1v) is 8.03. The molecular weight excluding hydrogens is 262 g/mol. The molecule has 0 aromatic heterocycles. The zero-order valence-electron chi connectivity index (χ0n) is 12.8. The van der Waals surface area contributed by atoms with Crippen LogP contribution in [0.3, 0.4) is 0 Å². The number of aryl methyl sites for hydroxylation is 1. The predicted molar refractivity (Wildman–Crippen MR) is 85.7 cm³/mol. The van der Waals surface area contributed by atoms with Gasteiger partial charge in [0, 0.05) is 12.6 Å². The van der Waals surface area contributed by atoms with Crippen LogP contribution in [0.4, 0.5) is 5.69 Å². The van der Waals surface area contributed by atoms with Crippen molar-refractivity contribution < 1.29 is 4.79 Å². The van der Waals surface area contributed by atoms with Gasteiger partial charge < -0.3 is 16.0 Å². The molecule has 3 N–H and O–H groups in total. The van der Waals surface area contributed by atoms with E-state index in [0.717, 1.165) is 25.3 Å². The van der Waals surface area contributed by atoms with Gasteiger partial charge in [-0.05, 0) is 69.3 Å². The number of rotatable bonds is 5. The van der Waals surface area contributed by atoms with Crippen molar-refractivity contribution in [1.82, 2.24) is 5.32 Å². The fourth-order valence-electron chi connectivity index (χ4n) is 3.26. The van der Waals surface area contributed by atoms with Crippen LogP contribution < -0.4 is 16.0 Å². The smallest absolute Gasteiger partial charge is 0.250 e. The van der Waals surface area contributed by atoms with Gasteiger partial charge in [0.2, 0.25) is 0 Å². The zero-order valence-corrected chi connectivity index (χ0v) is 12.8. The van der Waals surface area contributed by atoms with Gasteiger partial charge in [0.15, 0.2) is 0 Å².